The number of rotatable bonds is 2. The van der Waals surface area contributed by atoms with Gasteiger partial charge in [-0.2, -0.15) is 0 Å². The van der Waals surface area contributed by atoms with E-state index in [-0.39, 0.29) is 12.3 Å². The van der Waals surface area contributed by atoms with Crippen molar-refractivity contribution >= 4 is 27.5 Å². The van der Waals surface area contributed by atoms with E-state index >= 15 is 0 Å². The predicted octanol–water partition coefficient (Wildman–Crippen LogP) is 1.80. The summed E-state index contributed by atoms with van der Waals surface area (Å²) in [6.45, 7) is 0.0471. The third-order valence-corrected chi connectivity index (χ3v) is 2.85. The summed E-state index contributed by atoms with van der Waals surface area (Å²) in [6.07, 6.45) is -0.884. The predicted molar refractivity (Wildman–Crippen MR) is 54.8 cm³/mol. The first kappa shape index (κ1) is 10.8. The molecule has 0 radical (unpaired) electrons. The van der Waals surface area contributed by atoms with E-state index < -0.39 is 6.10 Å². The molecule has 1 unspecified atom stereocenters. The van der Waals surface area contributed by atoms with Crippen molar-refractivity contribution in [3.8, 4) is 5.75 Å². The van der Waals surface area contributed by atoms with Crippen LogP contribution in [0.2, 0.25) is 5.02 Å². The van der Waals surface area contributed by atoms with E-state index in [0.29, 0.717) is 15.1 Å². The van der Waals surface area contributed by atoms with E-state index in [0.717, 1.165) is 0 Å². The Morgan fingerprint density at radius 1 is 1.54 bits per heavy atom. The van der Waals surface area contributed by atoms with Gasteiger partial charge in [0.2, 0.25) is 0 Å². The average molecular weight is 267 g/mol. The summed E-state index contributed by atoms with van der Waals surface area (Å²) in [5, 5.41) is 19.2. The highest BCUT2D eigenvalue weighted by atomic mass is 79.9. The van der Waals surface area contributed by atoms with Gasteiger partial charge >= 0.3 is 0 Å². The number of hydrogen-bond acceptors (Lipinski definition) is 3. The van der Waals surface area contributed by atoms with Crippen LogP contribution in [0.3, 0.4) is 0 Å². The molecule has 1 atom stereocenters. The third-order valence-electron chi connectivity index (χ3n) is 1.65. The van der Waals surface area contributed by atoms with Crippen molar-refractivity contribution < 1.29 is 10.2 Å². The number of phenols is 1. The highest BCUT2D eigenvalue weighted by molar-refractivity contribution is 9.10. The van der Waals surface area contributed by atoms with Crippen LogP contribution in [-0.4, -0.2) is 16.8 Å². The van der Waals surface area contributed by atoms with Crippen molar-refractivity contribution in [2.45, 2.75) is 6.10 Å². The molecule has 0 saturated carbocycles. The Morgan fingerprint density at radius 3 is 2.69 bits per heavy atom. The van der Waals surface area contributed by atoms with Crippen molar-refractivity contribution in [2.75, 3.05) is 6.54 Å². The molecule has 0 aliphatic carbocycles. The minimum Gasteiger partial charge on any atom is -0.508 e. The molecule has 0 aliphatic heterocycles. The van der Waals surface area contributed by atoms with Crippen LogP contribution in [-0.2, 0) is 0 Å². The molecule has 0 aromatic heterocycles. The number of phenolic OH excluding ortho intramolecular Hbond substituents is 1. The topological polar surface area (TPSA) is 66.5 Å². The zero-order valence-corrected chi connectivity index (χ0v) is 9.01. The Hall–Kier alpha value is -0.290. The van der Waals surface area contributed by atoms with Gasteiger partial charge in [-0.05, 0) is 28.1 Å². The Kier molecular flexibility index (Phi) is 3.55. The molecule has 72 valence electrons. The van der Waals surface area contributed by atoms with Gasteiger partial charge in [-0.15, -0.1) is 0 Å². The Balaban J connectivity index is 3.15. The van der Waals surface area contributed by atoms with Crippen LogP contribution in [0, 0.1) is 0 Å². The first-order valence-electron chi connectivity index (χ1n) is 3.62. The van der Waals surface area contributed by atoms with Crippen molar-refractivity contribution in [3.05, 3.63) is 27.2 Å². The number of aromatic hydroxyl groups is 1. The number of benzene rings is 1. The number of aliphatic hydroxyl groups is 1. The molecule has 4 N–H and O–H groups in total. The van der Waals surface area contributed by atoms with E-state index in [1.54, 1.807) is 0 Å². The molecule has 0 amide bonds. The molecule has 0 aliphatic rings. The Bertz CT molecular complexity index is 319. The number of halogens is 2. The molecule has 0 fully saturated rings. The maximum absolute atomic E-state index is 9.41. The van der Waals surface area contributed by atoms with Crippen molar-refractivity contribution in [3.63, 3.8) is 0 Å². The fourth-order valence-electron chi connectivity index (χ4n) is 0.946. The number of aliphatic hydroxyl groups excluding tert-OH is 1. The lowest BCUT2D eigenvalue weighted by Crippen LogP contribution is -2.11. The van der Waals surface area contributed by atoms with Gasteiger partial charge in [0.15, 0.2) is 0 Å². The van der Waals surface area contributed by atoms with Crippen LogP contribution in [0.4, 0.5) is 0 Å². The van der Waals surface area contributed by atoms with Gasteiger partial charge in [-0.3, -0.25) is 0 Å². The molecule has 5 heteroatoms. The van der Waals surface area contributed by atoms with Gasteiger partial charge in [0.25, 0.3) is 0 Å². The molecule has 1 aromatic rings. The summed E-state index contributed by atoms with van der Waals surface area (Å²) < 4.78 is 0.583. The third kappa shape index (κ3) is 2.34. The van der Waals surface area contributed by atoms with Crippen molar-refractivity contribution in [2.24, 2.45) is 5.73 Å². The lowest BCUT2D eigenvalue weighted by Gasteiger charge is -2.11. The van der Waals surface area contributed by atoms with Gasteiger partial charge < -0.3 is 15.9 Å². The number of nitrogens with two attached hydrogens (primary N) is 1. The zero-order valence-electron chi connectivity index (χ0n) is 6.67. The van der Waals surface area contributed by atoms with Crippen LogP contribution in [0.25, 0.3) is 0 Å². The molecule has 0 saturated heterocycles. The minimum atomic E-state index is -0.884. The standard InChI is InChI=1S/C8H9BrClNO2/c9-5-2-7(12)4(1-6(5)10)8(13)3-11/h1-2,8,12-13H,3,11H2. The molecule has 1 rings (SSSR count). The average Bonchev–Trinajstić information content (AvgIpc) is 2.10. The molecule has 3 nitrogen and oxygen atoms in total. The Morgan fingerprint density at radius 2 is 2.15 bits per heavy atom. The summed E-state index contributed by atoms with van der Waals surface area (Å²) in [6, 6.07) is 2.91. The summed E-state index contributed by atoms with van der Waals surface area (Å²) in [7, 11) is 0. The molecule has 1 aromatic carbocycles. The molecular weight excluding hydrogens is 257 g/mol. The van der Waals surface area contributed by atoms with Crippen molar-refractivity contribution in [1.29, 1.82) is 0 Å². The monoisotopic (exact) mass is 265 g/mol. The van der Waals surface area contributed by atoms with Gasteiger partial charge in [-0.25, -0.2) is 0 Å². The van der Waals surface area contributed by atoms with Gasteiger partial charge in [0.1, 0.15) is 5.75 Å². The number of hydrogen-bond donors (Lipinski definition) is 3. The molecule has 0 bridgehead atoms. The SMILES string of the molecule is NCC(O)c1cc(Cl)c(Br)cc1O. The normalized spacial score (nSPS) is 12.9. The van der Waals surface area contributed by atoms with E-state index in [1.807, 2.05) is 0 Å². The highest BCUT2D eigenvalue weighted by Gasteiger charge is 2.12. The van der Waals surface area contributed by atoms with Crippen LogP contribution in [0.15, 0.2) is 16.6 Å². The van der Waals surface area contributed by atoms with E-state index in [1.165, 1.54) is 12.1 Å². The molecule has 0 spiro atoms. The summed E-state index contributed by atoms with van der Waals surface area (Å²) >= 11 is 8.92. The van der Waals surface area contributed by atoms with E-state index in [9.17, 15) is 10.2 Å². The van der Waals surface area contributed by atoms with E-state index in [4.69, 9.17) is 17.3 Å². The largest absolute Gasteiger partial charge is 0.508 e. The van der Waals surface area contributed by atoms with Gasteiger partial charge in [-0.1, -0.05) is 11.6 Å². The fraction of sp³-hybridized carbons (Fsp3) is 0.250. The van der Waals surface area contributed by atoms with Crippen LogP contribution in [0.5, 0.6) is 5.75 Å². The first-order chi connectivity index (χ1) is 6.06. The molecule has 0 heterocycles. The molecular formula is C8H9BrClNO2. The first-order valence-corrected chi connectivity index (χ1v) is 4.79. The van der Waals surface area contributed by atoms with Crippen LogP contribution >= 0.6 is 27.5 Å². The lowest BCUT2D eigenvalue weighted by molar-refractivity contribution is 0.182. The summed E-state index contributed by atoms with van der Waals surface area (Å²) in [4.78, 5) is 0. The quantitative estimate of drug-likeness (QED) is 0.765. The zero-order chi connectivity index (χ0) is 10.0. The van der Waals surface area contributed by atoms with Gasteiger partial charge in [0, 0.05) is 16.6 Å². The smallest absolute Gasteiger partial charge is 0.122 e. The highest BCUT2D eigenvalue weighted by Crippen LogP contribution is 2.33. The van der Waals surface area contributed by atoms with E-state index in [2.05, 4.69) is 15.9 Å². The van der Waals surface area contributed by atoms with Crippen molar-refractivity contribution in [1.82, 2.24) is 0 Å². The summed E-state index contributed by atoms with van der Waals surface area (Å²) in [5.41, 5.74) is 5.59. The Labute approximate surface area is 89.3 Å². The maximum atomic E-state index is 9.41. The minimum absolute atomic E-state index is 0.0192. The van der Waals surface area contributed by atoms with Crippen LogP contribution in [0.1, 0.15) is 11.7 Å². The molecule has 13 heavy (non-hydrogen) atoms. The second-order valence-corrected chi connectivity index (χ2v) is 3.84. The van der Waals surface area contributed by atoms with Crippen LogP contribution < -0.4 is 5.73 Å². The maximum Gasteiger partial charge on any atom is 0.122 e. The fourth-order valence-corrected chi connectivity index (χ4v) is 1.45. The lowest BCUT2D eigenvalue weighted by atomic mass is 10.1. The second kappa shape index (κ2) is 4.28. The van der Waals surface area contributed by atoms with Gasteiger partial charge in [0.05, 0.1) is 11.1 Å². The second-order valence-electron chi connectivity index (χ2n) is 2.58. The summed E-state index contributed by atoms with van der Waals surface area (Å²) in [5.74, 6) is -0.0192.